The number of carbonyl (C=O) groups is 1. The fourth-order valence-electron chi connectivity index (χ4n) is 2.70. The van der Waals surface area contributed by atoms with E-state index in [9.17, 15) is 13.2 Å². The van der Waals surface area contributed by atoms with Gasteiger partial charge in [0, 0.05) is 31.9 Å². The van der Waals surface area contributed by atoms with E-state index in [1.54, 1.807) is 0 Å². The molecule has 0 bridgehead atoms. The highest BCUT2D eigenvalue weighted by atomic mass is 35.5. The van der Waals surface area contributed by atoms with Gasteiger partial charge in [-0.1, -0.05) is 29.8 Å². The lowest BCUT2D eigenvalue weighted by Crippen LogP contribution is -2.29. The van der Waals surface area contributed by atoms with Crippen LogP contribution in [0, 0.1) is 0 Å². The van der Waals surface area contributed by atoms with E-state index >= 15 is 0 Å². The van der Waals surface area contributed by atoms with E-state index in [1.165, 1.54) is 12.1 Å². The average molecular weight is 410 g/mol. The van der Waals surface area contributed by atoms with Crippen LogP contribution in [0.5, 0.6) is 5.75 Å². The zero-order valence-electron chi connectivity index (χ0n) is 14.7. The lowest BCUT2D eigenvalue weighted by molar-refractivity contribution is -0.118. The molecule has 1 aliphatic rings. The molecule has 1 aliphatic heterocycles. The molecule has 0 spiro atoms. The second-order valence-corrected chi connectivity index (χ2v) is 8.27. The fourth-order valence-corrected chi connectivity index (χ4v) is 4.31. The van der Waals surface area contributed by atoms with E-state index in [4.69, 9.17) is 16.3 Å². The quantitative estimate of drug-likeness (QED) is 0.686. The van der Waals surface area contributed by atoms with Gasteiger partial charge in [-0.25, -0.2) is 13.1 Å². The summed E-state index contributed by atoms with van der Waals surface area (Å²) in [6.45, 7) is 0.803. The lowest BCUT2D eigenvalue weighted by atomic mass is 10.2. The maximum absolute atomic E-state index is 12.6. The Hall–Kier alpha value is -2.29. The highest BCUT2D eigenvalue weighted by Crippen LogP contribution is 2.35. The van der Waals surface area contributed by atoms with Crippen molar-refractivity contribution in [2.24, 2.45) is 0 Å². The number of fused-ring (bicyclic) bond motifs is 1. The average Bonchev–Trinajstić information content (AvgIpc) is 2.65. The first kappa shape index (κ1) is 19.5. The Kier molecular flexibility index (Phi) is 5.88. The number of rotatable bonds is 7. The molecule has 144 valence electrons. The summed E-state index contributed by atoms with van der Waals surface area (Å²) in [6, 6.07) is 12.6. The number of hydrogen-bond donors (Lipinski definition) is 2. The van der Waals surface area contributed by atoms with Crippen molar-refractivity contribution >= 4 is 38.9 Å². The first-order valence-corrected chi connectivity index (χ1v) is 10.2. The molecule has 1 amide bonds. The van der Waals surface area contributed by atoms with E-state index in [1.807, 2.05) is 37.4 Å². The summed E-state index contributed by atoms with van der Waals surface area (Å²) in [5.41, 5.74) is 1.43. The molecule has 0 aromatic heterocycles. The molecule has 2 aromatic rings. The number of sulfonamides is 1. The minimum atomic E-state index is -3.79. The standard InChI is InChI=1S/C18H20ClN3O4S/c1-22(13-6-3-2-4-7-13)9-5-8-20-27(24,25)17-11-16-15(10-14(17)19)21-18(23)12-26-16/h2-4,6-7,10-11,20H,5,8-9,12H2,1H3,(H,21,23). The molecule has 0 fully saturated rings. The molecule has 27 heavy (non-hydrogen) atoms. The Morgan fingerprint density at radius 2 is 2.00 bits per heavy atom. The molecule has 3 rings (SSSR count). The Labute approximate surface area is 163 Å². The molecule has 0 atom stereocenters. The minimum Gasteiger partial charge on any atom is -0.482 e. The van der Waals surface area contributed by atoms with E-state index < -0.39 is 10.0 Å². The topological polar surface area (TPSA) is 87.7 Å². The molecule has 1 heterocycles. The number of ether oxygens (including phenoxy) is 1. The van der Waals surface area contributed by atoms with Crippen molar-refractivity contribution in [3.8, 4) is 5.75 Å². The number of benzene rings is 2. The molecular weight excluding hydrogens is 390 g/mol. The predicted octanol–water partition coefficient (Wildman–Crippen LogP) is 2.48. The Bertz CT molecular complexity index is 935. The molecule has 0 saturated heterocycles. The van der Waals surface area contributed by atoms with Gasteiger partial charge in [-0.3, -0.25) is 4.79 Å². The van der Waals surface area contributed by atoms with Gasteiger partial charge in [0.25, 0.3) is 5.91 Å². The smallest absolute Gasteiger partial charge is 0.262 e. The first-order valence-electron chi connectivity index (χ1n) is 8.39. The second-order valence-electron chi connectivity index (χ2n) is 6.12. The monoisotopic (exact) mass is 409 g/mol. The summed E-state index contributed by atoms with van der Waals surface area (Å²) in [5.74, 6) is -0.0296. The molecule has 2 aromatic carbocycles. The van der Waals surface area contributed by atoms with Crippen molar-refractivity contribution in [3.63, 3.8) is 0 Å². The highest BCUT2D eigenvalue weighted by molar-refractivity contribution is 7.89. The zero-order chi connectivity index (χ0) is 19.4. The van der Waals surface area contributed by atoms with Crippen LogP contribution >= 0.6 is 11.6 Å². The van der Waals surface area contributed by atoms with E-state index in [-0.39, 0.29) is 34.7 Å². The maximum atomic E-state index is 12.6. The van der Waals surface area contributed by atoms with Crippen LogP contribution in [0.15, 0.2) is 47.4 Å². The summed E-state index contributed by atoms with van der Waals surface area (Å²) >= 11 is 6.10. The molecular formula is C18H20ClN3O4S. The second kappa shape index (κ2) is 8.16. The van der Waals surface area contributed by atoms with Crippen LogP contribution in [0.3, 0.4) is 0 Å². The van der Waals surface area contributed by atoms with Gasteiger partial charge in [0.05, 0.1) is 10.7 Å². The zero-order valence-corrected chi connectivity index (χ0v) is 16.3. The van der Waals surface area contributed by atoms with Crippen molar-refractivity contribution in [3.05, 3.63) is 47.5 Å². The number of halogens is 1. The predicted molar refractivity (Wildman–Crippen MR) is 105 cm³/mol. The van der Waals surface area contributed by atoms with E-state index in [0.29, 0.717) is 18.7 Å². The molecule has 0 radical (unpaired) electrons. The van der Waals surface area contributed by atoms with Gasteiger partial charge in [0.15, 0.2) is 6.61 Å². The van der Waals surface area contributed by atoms with Gasteiger partial charge in [0.2, 0.25) is 10.0 Å². The number of anilines is 2. The third-order valence-corrected chi connectivity index (χ3v) is 6.04. The van der Waals surface area contributed by atoms with Crippen LogP contribution in [0.25, 0.3) is 0 Å². The van der Waals surface area contributed by atoms with E-state index in [0.717, 1.165) is 5.69 Å². The number of nitrogens with zero attached hydrogens (tertiary/aromatic N) is 1. The summed E-state index contributed by atoms with van der Waals surface area (Å²) < 4.78 is 33.0. The minimum absolute atomic E-state index is 0.0217. The van der Waals surface area contributed by atoms with Gasteiger partial charge in [-0.15, -0.1) is 0 Å². The lowest BCUT2D eigenvalue weighted by Gasteiger charge is -2.20. The third kappa shape index (κ3) is 4.71. The van der Waals surface area contributed by atoms with Crippen molar-refractivity contribution in [2.45, 2.75) is 11.3 Å². The molecule has 7 nitrogen and oxygen atoms in total. The van der Waals surface area contributed by atoms with E-state index in [2.05, 4.69) is 14.9 Å². The number of amides is 1. The summed E-state index contributed by atoms with van der Waals surface area (Å²) in [6.07, 6.45) is 0.625. The van der Waals surface area contributed by atoms with Crippen molar-refractivity contribution in [1.29, 1.82) is 0 Å². The van der Waals surface area contributed by atoms with Gasteiger partial charge in [0.1, 0.15) is 10.6 Å². The first-order chi connectivity index (χ1) is 12.9. The third-order valence-electron chi connectivity index (χ3n) is 4.12. The van der Waals surface area contributed by atoms with Crippen LogP contribution in [0.2, 0.25) is 5.02 Å². The van der Waals surface area contributed by atoms with Gasteiger partial charge in [-0.05, 0) is 24.6 Å². The van der Waals surface area contributed by atoms with Crippen molar-refractivity contribution < 1.29 is 17.9 Å². The Morgan fingerprint density at radius 3 is 2.74 bits per heavy atom. The molecule has 2 N–H and O–H groups in total. The molecule has 0 saturated carbocycles. The SMILES string of the molecule is CN(CCCNS(=O)(=O)c1cc2c(cc1Cl)NC(=O)CO2)c1ccccc1. The van der Waals surface area contributed by atoms with Crippen molar-refractivity contribution in [1.82, 2.24) is 4.72 Å². The molecule has 9 heteroatoms. The Balaban J connectivity index is 1.61. The van der Waals surface area contributed by atoms with Crippen molar-refractivity contribution in [2.75, 3.05) is 37.0 Å². The number of carbonyl (C=O) groups excluding carboxylic acids is 1. The Morgan fingerprint density at radius 1 is 1.26 bits per heavy atom. The van der Waals surface area contributed by atoms with Gasteiger partial charge >= 0.3 is 0 Å². The van der Waals surface area contributed by atoms with Crippen LogP contribution < -0.4 is 19.7 Å². The summed E-state index contributed by atoms with van der Waals surface area (Å²) in [7, 11) is -1.84. The van der Waals surface area contributed by atoms with Gasteiger partial charge in [-0.2, -0.15) is 0 Å². The van der Waals surface area contributed by atoms with Crippen LogP contribution in [-0.4, -0.2) is 41.1 Å². The summed E-state index contributed by atoms with van der Waals surface area (Å²) in [4.78, 5) is 13.3. The largest absolute Gasteiger partial charge is 0.482 e. The van der Waals surface area contributed by atoms with Crippen LogP contribution in [0.1, 0.15) is 6.42 Å². The molecule has 0 unspecified atom stereocenters. The fraction of sp³-hybridized carbons (Fsp3) is 0.278. The highest BCUT2D eigenvalue weighted by Gasteiger charge is 2.24. The summed E-state index contributed by atoms with van der Waals surface area (Å²) in [5, 5.41) is 2.61. The maximum Gasteiger partial charge on any atom is 0.262 e. The van der Waals surface area contributed by atoms with Crippen LogP contribution in [0.4, 0.5) is 11.4 Å². The number of para-hydroxylation sites is 1. The van der Waals surface area contributed by atoms with Gasteiger partial charge < -0.3 is 15.0 Å². The number of hydrogen-bond acceptors (Lipinski definition) is 5. The normalized spacial score (nSPS) is 13.5. The molecule has 0 aliphatic carbocycles. The van der Waals surface area contributed by atoms with Crippen LogP contribution in [-0.2, 0) is 14.8 Å². The number of nitrogens with one attached hydrogen (secondary N) is 2.